The van der Waals surface area contributed by atoms with E-state index < -0.39 is 6.04 Å². The summed E-state index contributed by atoms with van der Waals surface area (Å²) in [4.78, 5) is 34.8. The van der Waals surface area contributed by atoms with Crippen LogP contribution in [0.5, 0.6) is 5.75 Å². The number of benzene rings is 4. The summed E-state index contributed by atoms with van der Waals surface area (Å²) in [6.45, 7) is 4.42. The fraction of sp³-hybridized carbons (Fsp3) is 0.206. The molecule has 0 spiro atoms. The van der Waals surface area contributed by atoms with Gasteiger partial charge in [-0.05, 0) is 73.4 Å². The molecule has 0 saturated carbocycles. The lowest BCUT2D eigenvalue weighted by molar-refractivity contribution is 0.182. The third-order valence-electron chi connectivity index (χ3n) is 7.32. The van der Waals surface area contributed by atoms with Gasteiger partial charge in [0.25, 0.3) is 5.56 Å². The number of aromatic nitrogens is 2. The van der Waals surface area contributed by atoms with Gasteiger partial charge in [0.05, 0.1) is 29.7 Å². The molecule has 7 heteroatoms. The van der Waals surface area contributed by atoms with Crippen LogP contribution in [-0.4, -0.2) is 34.1 Å². The molecule has 0 bridgehead atoms. The molecule has 0 saturated heterocycles. The summed E-state index contributed by atoms with van der Waals surface area (Å²) in [6.07, 6.45) is 1.20. The Morgan fingerprint density at radius 2 is 1.61 bits per heavy atom. The SMILES string of the molecule is CCC(c1nc2ccccc2c(=O)n1-c1ccc(OC)cc1)N(CCc1ccccc1)C(=O)Nc1ccccc1C. The second-order valence-electron chi connectivity index (χ2n) is 9.92. The smallest absolute Gasteiger partial charge is 0.322 e. The van der Waals surface area contributed by atoms with Crippen molar-refractivity contribution in [3.63, 3.8) is 0 Å². The van der Waals surface area contributed by atoms with E-state index in [1.165, 1.54) is 0 Å². The number of carbonyl (C=O) groups is 1. The first kappa shape index (κ1) is 27.6. The van der Waals surface area contributed by atoms with Crippen LogP contribution in [0.25, 0.3) is 16.6 Å². The van der Waals surface area contributed by atoms with E-state index in [0.29, 0.717) is 47.6 Å². The van der Waals surface area contributed by atoms with Gasteiger partial charge < -0.3 is 15.0 Å². The summed E-state index contributed by atoms with van der Waals surface area (Å²) >= 11 is 0. The predicted molar refractivity (Wildman–Crippen MR) is 164 cm³/mol. The summed E-state index contributed by atoms with van der Waals surface area (Å²) < 4.78 is 6.98. The van der Waals surface area contributed by atoms with Crippen LogP contribution in [0.2, 0.25) is 0 Å². The first-order valence-electron chi connectivity index (χ1n) is 13.8. The standard InChI is InChI=1S/C34H34N4O3/c1-4-31(37(23-22-25-13-6-5-7-14-25)34(40)36-29-16-10-8-12-24(29)2)32-35-30-17-11-9-15-28(30)33(39)38(32)26-18-20-27(41-3)21-19-26/h5-21,31H,4,22-23H2,1-3H3,(H,36,40). The van der Waals surface area contributed by atoms with Crippen molar-refractivity contribution in [2.24, 2.45) is 0 Å². The minimum absolute atomic E-state index is 0.184. The van der Waals surface area contributed by atoms with Gasteiger partial charge in [-0.25, -0.2) is 9.78 Å². The van der Waals surface area contributed by atoms with Gasteiger partial charge in [-0.3, -0.25) is 9.36 Å². The molecule has 7 nitrogen and oxygen atoms in total. The van der Waals surface area contributed by atoms with Crippen molar-refractivity contribution in [1.29, 1.82) is 0 Å². The van der Waals surface area contributed by atoms with Gasteiger partial charge in [0, 0.05) is 12.2 Å². The number of methoxy groups -OCH3 is 1. The maximum Gasteiger partial charge on any atom is 0.322 e. The zero-order valence-electron chi connectivity index (χ0n) is 23.6. The van der Waals surface area contributed by atoms with Crippen molar-refractivity contribution < 1.29 is 9.53 Å². The van der Waals surface area contributed by atoms with E-state index in [2.05, 4.69) is 17.4 Å². The molecule has 1 unspecified atom stereocenters. The number of fused-ring (bicyclic) bond motifs is 1. The Hall–Kier alpha value is -4.91. The van der Waals surface area contributed by atoms with Gasteiger partial charge in [0.15, 0.2) is 0 Å². The largest absolute Gasteiger partial charge is 0.497 e. The fourth-order valence-corrected chi connectivity index (χ4v) is 5.09. The second kappa shape index (κ2) is 12.5. The molecule has 1 N–H and O–H groups in total. The van der Waals surface area contributed by atoms with Crippen molar-refractivity contribution in [2.45, 2.75) is 32.7 Å². The number of hydrogen-bond acceptors (Lipinski definition) is 4. The lowest BCUT2D eigenvalue weighted by atomic mass is 10.1. The molecule has 5 aromatic rings. The van der Waals surface area contributed by atoms with Crippen LogP contribution < -0.4 is 15.6 Å². The van der Waals surface area contributed by atoms with Crippen LogP contribution in [0.15, 0.2) is 108 Å². The molecule has 41 heavy (non-hydrogen) atoms. The van der Waals surface area contributed by atoms with Crippen LogP contribution in [0.1, 0.15) is 36.3 Å². The van der Waals surface area contributed by atoms with Gasteiger partial charge in [-0.2, -0.15) is 0 Å². The molecular weight excluding hydrogens is 512 g/mol. The Labute approximate surface area is 240 Å². The average Bonchev–Trinajstić information content (AvgIpc) is 3.01. The van der Waals surface area contributed by atoms with Crippen LogP contribution in [-0.2, 0) is 6.42 Å². The molecule has 0 aliphatic rings. The number of anilines is 1. The van der Waals surface area contributed by atoms with Gasteiger partial charge in [0.1, 0.15) is 11.6 Å². The first-order chi connectivity index (χ1) is 20.0. The molecule has 1 atom stereocenters. The Morgan fingerprint density at radius 3 is 2.32 bits per heavy atom. The van der Waals surface area contributed by atoms with Gasteiger partial charge >= 0.3 is 6.03 Å². The topological polar surface area (TPSA) is 76.5 Å². The number of amides is 2. The average molecular weight is 547 g/mol. The van der Waals surface area contributed by atoms with Crippen LogP contribution >= 0.6 is 0 Å². The zero-order valence-corrected chi connectivity index (χ0v) is 23.6. The maximum atomic E-state index is 14.0. The van der Waals surface area contributed by atoms with E-state index in [1.807, 2.05) is 98.8 Å². The van der Waals surface area contributed by atoms with Crippen molar-refractivity contribution in [3.05, 3.63) is 130 Å². The minimum Gasteiger partial charge on any atom is -0.497 e. The Bertz CT molecular complexity index is 1700. The van der Waals surface area contributed by atoms with E-state index >= 15 is 0 Å². The van der Waals surface area contributed by atoms with Crippen LogP contribution in [0, 0.1) is 6.92 Å². The molecule has 1 heterocycles. The van der Waals surface area contributed by atoms with Gasteiger partial charge in [0.2, 0.25) is 0 Å². The maximum absolute atomic E-state index is 14.0. The highest BCUT2D eigenvalue weighted by molar-refractivity contribution is 5.90. The highest BCUT2D eigenvalue weighted by Crippen LogP contribution is 2.28. The van der Waals surface area contributed by atoms with Crippen molar-refractivity contribution in [1.82, 2.24) is 14.5 Å². The summed E-state index contributed by atoms with van der Waals surface area (Å²) in [5.41, 5.74) is 3.90. The number of ether oxygens (including phenoxy) is 1. The molecule has 0 radical (unpaired) electrons. The quantitative estimate of drug-likeness (QED) is 0.217. The lowest BCUT2D eigenvalue weighted by Crippen LogP contribution is -2.42. The molecule has 0 aliphatic heterocycles. The van der Waals surface area contributed by atoms with Crippen molar-refractivity contribution in [2.75, 3.05) is 19.0 Å². The van der Waals surface area contributed by atoms with E-state index in [4.69, 9.17) is 9.72 Å². The Morgan fingerprint density at radius 1 is 0.927 bits per heavy atom. The number of para-hydroxylation sites is 2. The van der Waals surface area contributed by atoms with E-state index in [0.717, 1.165) is 16.8 Å². The first-order valence-corrected chi connectivity index (χ1v) is 13.8. The molecule has 208 valence electrons. The molecule has 2 amide bonds. The minimum atomic E-state index is -0.484. The monoisotopic (exact) mass is 546 g/mol. The van der Waals surface area contributed by atoms with Crippen LogP contribution in [0.3, 0.4) is 0 Å². The van der Waals surface area contributed by atoms with Crippen molar-refractivity contribution in [3.8, 4) is 11.4 Å². The number of urea groups is 1. The predicted octanol–water partition coefficient (Wildman–Crippen LogP) is 6.93. The molecule has 4 aromatic carbocycles. The summed E-state index contributed by atoms with van der Waals surface area (Å²) in [5.74, 6) is 1.19. The molecular formula is C34H34N4O3. The zero-order chi connectivity index (χ0) is 28.8. The van der Waals surface area contributed by atoms with Gasteiger partial charge in [-0.15, -0.1) is 0 Å². The number of rotatable bonds is 9. The number of hydrogen-bond donors (Lipinski definition) is 1. The molecule has 5 rings (SSSR count). The third kappa shape index (κ3) is 5.99. The van der Waals surface area contributed by atoms with E-state index in [1.54, 1.807) is 22.6 Å². The van der Waals surface area contributed by atoms with Crippen LogP contribution in [0.4, 0.5) is 10.5 Å². The Kier molecular flexibility index (Phi) is 8.44. The molecule has 1 aromatic heterocycles. The highest BCUT2D eigenvalue weighted by Gasteiger charge is 2.29. The van der Waals surface area contributed by atoms with E-state index in [9.17, 15) is 9.59 Å². The number of aryl methyl sites for hydroxylation is 1. The second-order valence-corrected chi connectivity index (χ2v) is 9.92. The molecule has 0 fully saturated rings. The van der Waals surface area contributed by atoms with Crippen molar-refractivity contribution >= 4 is 22.6 Å². The number of nitrogens with zero attached hydrogens (tertiary/aromatic N) is 3. The number of carbonyl (C=O) groups excluding carboxylic acids is 1. The third-order valence-corrected chi connectivity index (χ3v) is 7.32. The lowest BCUT2D eigenvalue weighted by Gasteiger charge is -2.32. The van der Waals surface area contributed by atoms with Gasteiger partial charge in [-0.1, -0.05) is 67.6 Å². The number of nitrogens with one attached hydrogen (secondary N) is 1. The highest BCUT2D eigenvalue weighted by atomic mass is 16.5. The Balaban J connectivity index is 1.64. The fourth-order valence-electron chi connectivity index (χ4n) is 5.09. The molecule has 0 aliphatic carbocycles. The summed E-state index contributed by atoms with van der Waals surface area (Å²) in [5, 5.41) is 3.63. The normalized spacial score (nSPS) is 11.7. The van der Waals surface area contributed by atoms with E-state index in [-0.39, 0.29) is 11.6 Å². The summed E-state index contributed by atoms with van der Waals surface area (Å²) in [7, 11) is 1.61. The summed E-state index contributed by atoms with van der Waals surface area (Å²) in [6, 6.07) is 31.7.